The van der Waals surface area contributed by atoms with Gasteiger partial charge in [0.1, 0.15) is 0 Å². The maximum absolute atomic E-state index is 12.3. The smallest absolute Gasteiger partial charge is 0.256 e. The van der Waals surface area contributed by atoms with Crippen molar-refractivity contribution in [2.24, 2.45) is 0 Å². The van der Waals surface area contributed by atoms with E-state index < -0.39 is 0 Å². The van der Waals surface area contributed by atoms with Crippen molar-refractivity contribution in [2.45, 2.75) is 45.3 Å². The number of nitrogens with one attached hydrogen (secondary N) is 1. The van der Waals surface area contributed by atoms with Crippen LogP contribution >= 0.6 is 0 Å². The van der Waals surface area contributed by atoms with Crippen LogP contribution in [0.3, 0.4) is 0 Å². The summed E-state index contributed by atoms with van der Waals surface area (Å²) >= 11 is 0. The maximum atomic E-state index is 12.3. The first-order valence-electron chi connectivity index (χ1n) is 8.10. The molecule has 4 nitrogen and oxygen atoms in total. The van der Waals surface area contributed by atoms with Crippen LogP contribution in [-0.2, 0) is 6.54 Å². The van der Waals surface area contributed by atoms with Gasteiger partial charge < -0.3 is 10.1 Å². The summed E-state index contributed by atoms with van der Waals surface area (Å²) in [6, 6.07) is 7.84. The molecule has 2 heterocycles. The Bertz CT molecular complexity index is 713. The monoisotopic (exact) mass is 300 g/mol. The van der Waals surface area contributed by atoms with E-state index in [1.165, 1.54) is 5.56 Å². The third kappa shape index (κ3) is 2.94. The SMILES string of the molecule is CC(C)c1[nH]c(=O)c2ccccc2c1CN1CCC(O)CC1. The molecule has 0 saturated carbocycles. The number of rotatable bonds is 3. The summed E-state index contributed by atoms with van der Waals surface area (Å²) < 4.78 is 0. The topological polar surface area (TPSA) is 56.3 Å². The Balaban J connectivity index is 2.04. The molecule has 1 aromatic heterocycles. The Labute approximate surface area is 130 Å². The van der Waals surface area contributed by atoms with Crippen molar-refractivity contribution in [3.8, 4) is 0 Å². The van der Waals surface area contributed by atoms with E-state index in [0.29, 0.717) is 0 Å². The predicted octanol–water partition coefficient (Wildman–Crippen LogP) is 2.61. The summed E-state index contributed by atoms with van der Waals surface area (Å²) in [6.07, 6.45) is 1.50. The molecule has 0 amide bonds. The van der Waals surface area contributed by atoms with Gasteiger partial charge in [-0.3, -0.25) is 9.69 Å². The Morgan fingerprint density at radius 3 is 2.50 bits per heavy atom. The van der Waals surface area contributed by atoms with Crippen LogP contribution in [0.4, 0.5) is 0 Å². The van der Waals surface area contributed by atoms with Crippen LogP contribution in [0, 0.1) is 0 Å². The van der Waals surface area contributed by atoms with Gasteiger partial charge in [0.15, 0.2) is 0 Å². The lowest BCUT2D eigenvalue weighted by Crippen LogP contribution is -2.36. The second-order valence-corrected chi connectivity index (χ2v) is 6.55. The highest BCUT2D eigenvalue weighted by atomic mass is 16.3. The third-order valence-electron chi connectivity index (χ3n) is 4.59. The van der Waals surface area contributed by atoms with Crippen molar-refractivity contribution in [1.82, 2.24) is 9.88 Å². The summed E-state index contributed by atoms with van der Waals surface area (Å²) in [5.74, 6) is 0.280. The number of aromatic nitrogens is 1. The molecule has 0 atom stereocenters. The van der Waals surface area contributed by atoms with Crippen LogP contribution in [0.25, 0.3) is 10.8 Å². The number of aliphatic hydroxyl groups excluding tert-OH is 1. The van der Waals surface area contributed by atoms with Crippen molar-refractivity contribution in [2.75, 3.05) is 13.1 Å². The first-order chi connectivity index (χ1) is 10.6. The minimum Gasteiger partial charge on any atom is -0.393 e. The fourth-order valence-corrected chi connectivity index (χ4v) is 3.32. The molecule has 1 aliphatic heterocycles. The Morgan fingerprint density at radius 1 is 1.23 bits per heavy atom. The summed E-state index contributed by atoms with van der Waals surface area (Å²) in [7, 11) is 0. The van der Waals surface area contributed by atoms with Crippen molar-refractivity contribution in [1.29, 1.82) is 0 Å². The Hall–Kier alpha value is -1.65. The quantitative estimate of drug-likeness (QED) is 0.916. The summed E-state index contributed by atoms with van der Waals surface area (Å²) in [6.45, 7) is 6.88. The molecule has 0 radical (unpaired) electrons. The fourth-order valence-electron chi connectivity index (χ4n) is 3.32. The van der Waals surface area contributed by atoms with Crippen LogP contribution < -0.4 is 5.56 Å². The lowest BCUT2D eigenvalue weighted by atomic mass is 9.96. The second kappa shape index (κ2) is 6.23. The molecular weight excluding hydrogens is 276 g/mol. The fraction of sp³-hybridized carbons (Fsp3) is 0.500. The van der Waals surface area contributed by atoms with E-state index >= 15 is 0 Å². The van der Waals surface area contributed by atoms with Gasteiger partial charge in [0.05, 0.1) is 6.10 Å². The summed E-state index contributed by atoms with van der Waals surface area (Å²) in [4.78, 5) is 17.7. The van der Waals surface area contributed by atoms with Crippen LogP contribution in [0.15, 0.2) is 29.1 Å². The van der Waals surface area contributed by atoms with Crippen molar-refractivity contribution in [3.63, 3.8) is 0 Å². The lowest BCUT2D eigenvalue weighted by molar-refractivity contribution is 0.0792. The number of H-pyrrole nitrogens is 1. The maximum Gasteiger partial charge on any atom is 0.256 e. The second-order valence-electron chi connectivity index (χ2n) is 6.55. The van der Waals surface area contributed by atoms with Gasteiger partial charge in [-0.1, -0.05) is 32.0 Å². The molecule has 1 aromatic carbocycles. The largest absolute Gasteiger partial charge is 0.393 e. The number of likely N-dealkylation sites (tertiary alicyclic amines) is 1. The van der Waals surface area contributed by atoms with E-state index in [1.807, 2.05) is 24.3 Å². The average molecular weight is 300 g/mol. The van der Waals surface area contributed by atoms with E-state index in [2.05, 4.69) is 23.7 Å². The van der Waals surface area contributed by atoms with E-state index in [4.69, 9.17) is 0 Å². The normalized spacial score (nSPS) is 17.5. The first-order valence-corrected chi connectivity index (χ1v) is 8.10. The van der Waals surface area contributed by atoms with Gasteiger partial charge in [-0.05, 0) is 35.8 Å². The molecule has 0 unspecified atom stereocenters. The van der Waals surface area contributed by atoms with Crippen molar-refractivity contribution >= 4 is 10.8 Å². The Kier molecular flexibility index (Phi) is 4.32. The number of hydrogen-bond acceptors (Lipinski definition) is 3. The molecule has 0 aliphatic carbocycles. The van der Waals surface area contributed by atoms with Crippen molar-refractivity contribution in [3.05, 3.63) is 45.9 Å². The zero-order valence-corrected chi connectivity index (χ0v) is 13.3. The molecule has 1 fully saturated rings. The molecule has 2 aromatic rings. The first kappa shape index (κ1) is 15.3. The summed E-state index contributed by atoms with van der Waals surface area (Å²) in [5, 5.41) is 11.5. The van der Waals surface area contributed by atoms with Gasteiger partial charge in [0, 0.05) is 30.7 Å². The highest BCUT2D eigenvalue weighted by molar-refractivity contribution is 5.85. The van der Waals surface area contributed by atoms with E-state index in [0.717, 1.165) is 48.9 Å². The number of aromatic amines is 1. The van der Waals surface area contributed by atoms with Gasteiger partial charge in [-0.2, -0.15) is 0 Å². The highest BCUT2D eigenvalue weighted by Crippen LogP contribution is 2.26. The van der Waals surface area contributed by atoms with Crippen LogP contribution in [-0.4, -0.2) is 34.2 Å². The molecule has 0 spiro atoms. The average Bonchev–Trinajstić information content (AvgIpc) is 2.52. The molecule has 2 N–H and O–H groups in total. The predicted molar refractivity (Wildman–Crippen MR) is 89.2 cm³/mol. The number of benzene rings is 1. The van der Waals surface area contributed by atoms with Gasteiger partial charge in [0.2, 0.25) is 0 Å². The van der Waals surface area contributed by atoms with Gasteiger partial charge in [-0.15, -0.1) is 0 Å². The number of hydrogen-bond donors (Lipinski definition) is 2. The number of nitrogens with zero attached hydrogens (tertiary/aromatic N) is 1. The summed E-state index contributed by atoms with van der Waals surface area (Å²) in [5.41, 5.74) is 2.26. The minimum absolute atomic E-state index is 0.00267. The minimum atomic E-state index is -0.159. The molecule has 0 bridgehead atoms. The molecule has 1 aliphatic rings. The highest BCUT2D eigenvalue weighted by Gasteiger charge is 2.20. The van der Waals surface area contributed by atoms with Crippen LogP contribution in [0.2, 0.25) is 0 Å². The molecule has 22 heavy (non-hydrogen) atoms. The Morgan fingerprint density at radius 2 is 1.86 bits per heavy atom. The number of aliphatic hydroxyl groups is 1. The number of pyridine rings is 1. The third-order valence-corrected chi connectivity index (χ3v) is 4.59. The van der Waals surface area contributed by atoms with Gasteiger partial charge >= 0.3 is 0 Å². The van der Waals surface area contributed by atoms with E-state index in [-0.39, 0.29) is 17.6 Å². The molecular formula is C18H24N2O2. The zero-order chi connectivity index (χ0) is 15.7. The zero-order valence-electron chi connectivity index (χ0n) is 13.3. The van der Waals surface area contributed by atoms with E-state index in [1.54, 1.807) is 0 Å². The molecule has 3 rings (SSSR count). The van der Waals surface area contributed by atoms with Crippen LogP contribution in [0.1, 0.15) is 43.9 Å². The molecule has 118 valence electrons. The number of piperidine rings is 1. The number of fused-ring (bicyclic) bond motifs is 1. The standard InChI is InChI=1S/C18H24N2O2/c1-12(2)17-16(11-20-9-7-13(21)8-10-20)14-5-3-4-6-15(14)18(22)19-17/h3-6,12-13,21H,7-11H2,1-2H3,(H,19,22). The van der Waals surface area contributed by atoms with Gasteiger partial charge in [0.25, 0.3) is 5.56 Å². The van der Waals surface area contributed by atoms with Crippen LogP contribution in [0.5, 0.6) is 0 Å². The van der Waals surface area contributed by atoms with Crippen molar-refractivity contribution < 1.29 is 5.11 Å². The molecule has 1 saturated heterocycles. The van der Waals surface area contributed by atoms with Gasteiger partial charge in [-0.25, -0.2) is 0 Å². The van der Waals surface area contributed by atoms with E-state index in [9.17, 15) is 9.90 Å². The molecule has 4 heteroatoms. The lowest BCUT2D eigenvalue weighted by Gasteiger charge is -2.30.